The molecule has 104 valence electrons. The zero-order chi connectivity index (χ0) is 14.7. The first-order valence-electron chi connectivity index (χ1n) is 6.72. The Kier molecular flexibility index (Phi) is 4.09. The molecule has 0 radical (unpaired) electrons. The van der Waals surface area contributed by atoms with E-state index in [2.05, 4.69) is 18.1 Å². The molecule has 0 unspecified atom stereocenters. The maximum absolute atomic E-state index is 8.95. The predicted octanol–water partition coefficient (Wildman–Crippen LogP) is 3.28. The lowest BCUT2D eigenvalue weighted by molar-refractivity contribution is 0.288. The van der Waals surface area contributed by atoms with Crippen molar-refractivity contribution in [2.75, 3.05) is 0 Å². The summed E-state index contributed by atoms with van der Waals surface area (Å²) >= 11 is 0. The van der Waals surface area contributed by atoms with Gasteiger partial charge in [0, 0.05) is 6.54 Å². The maximum atomic E-state index is 8.95. The van der Waals surface area contributed by atoms with E-state index in [-0.39, 0.29) is 0 Å². The normalized spacial score (nSPS) is 10.3. The Morgan fingerprint density at radius 1 is 1.20 bits per heavy atom. The molecule has 0 saturated heterocycles. The van der Waals surface area contributed by atoms with Crippen molar-refractivity contribution in [1.29, 1.82) is 5.26 Å². The van der Waals surface area contributed by atoms with Crippen LogP contribution in [0.25, 0.3) is 0 Å². The number of ether oxygens (including phenoxy) is 1. The van der Waals surface area contributed by atoms with Gasteiger partial charge in [-0.15, -0.1) is 0 Å². The summed E-state index contributed by atoms with van der Waals surface area (Å²) in [6.07, 6.45) is 0. The molecule has 0 aliphatic heterocycles. The van der Waals surface area contributed by atoms with Gasteiger partial charge in [0.1, 0.15) is 12.4 Å². The fraction of sp³-hybridized carbons (Fsp3) is 0.375. The third-order valence-electron chi connectivity index (χ3n) is 3.24. The Morgan fingerprint density at radius 3 is 2.40 bits per heavy atom. The van der Waals surface area contributed by atoms with E-state index >= 15 is 0 Å². The van der Waals surface area contributed by atoms with Crippen LogP contribution in [0.1, 0.15) is 35.0 Å². The van der Waals surface area contributed by atoms with Crippen molar-refractivity contribution in [3.05, 3.63) is 46.3 Å². The number of hydrogen-bond acceptors (Lipinski definition) is 3. The largest absolute Gasteiger partial charge is 0.487 e. The lowest BCUT2D eigenvalue weighted by atomic mass is 10.1. The summed E-state index contributed by atoms with van der Waals surface area (Å²) in [4.78, 5) is 0. The van der Waals surface area contributed by atoms with Gasteiger partial charge in [0.05, 0.1) is 23.0 Å². The van der Waals surface area contributed by atoms with Crippen molar-refractivity contribution in [3.63, 3.8) is 0 Å². The van der Waals surface area contributed by atoms with Crippen LogP contribution in [-0.2, 0) is 13.2 Å². The van der Waals surface area contributed by atoms with Crippen molar-refractivity contribution in [2.24, 2.45) is 0 Å². The second kappa shape index (κ2) is 5.79. The van der Waals surface area contributed by atoms with E-state index in [4.69, 9.17) is 10.00 Å². The standard InChI is InChI=1S/C16H19N3O/c1-5-19-15(8-13(4)18-19)10-20-16-11(2)6-14(9-17)7-12(16)3/h6-8H,5,10H2,1-4H3. The van der Waals surface area contributed by atoms with Crippen molar-refractivity contribution >= 4 is 0 Å². The molecule has 0 saturated carbocycles. The fourth-order valence-corrected chi connectivity index (χ4v) is 2.38. The number of aromatic nitrogens is 2. The molecule has 0 spiro atoms. The van der Waals surface area contributed by atoms with E-state index in [9.17, 15) is 0 Å². The highest BCUT2D eigenvalue weighted by molar-refractivity contribution is 5.47. The van der Waals surface area contributed by atoms with Crippen LogP contribution in [-0.4, -0.2) is 9.78 Å². The monoisotopic (exact) mass is 269 g/mol. The first-order chi connectivity index (χ1) is 9.55. The third kappa shape index (κ3) is 2.83. The smallest absolute Gasteiger partial charge is 0.130 e. The van der Waals surface area contributed by atoms with Crippen LogP contribution in [0.4, 0.5) is 0 Å². The number of benzene rings is 1. The molecule has 4 nitrogen and oxygen atoms in total. The van der Waals surface area contributed by atoms with Gasteiger partial charge in [-0.2, -0.15) is 10.4 Å². The quantitative estimate of drug-likeness (QED) is 0.855. The minimum Gasteiger partial charge on any atom is -0.487 e. The summed E-state index contributed by atoms with van der Waals surface area (Å²) < 4.78 is 7.89. The molecule has 0 bridgehead atoms. The summed E-state index contributed by atoms with van der Waals surface area (Å²) in [5.74, 6) is 0.852. The molecule has 0 fully saturated rings. The van der Waals surface area contributed by atoms with Gasteiger partial charge in [-0.3, -0.25) is 4.68 Å². The first-order valence-corrected chi connectivity index (χ1v) is 6.72. The van der Waals surface area contributed by atoms with Crippen LogP contribution < -0.4 is 4.74 Å². The Morgan fingerprint density at radius 2 is 1.85 bits per heavy atom. The summed E-state index contributed by atoms with van der Waals surface area (Å²) in [6, 6.07) is 7.90. The average Bonchev–Trinajstić information content (AvgIpc) is 2.77. The number of hydrogen-bond donors (Lipinski definition) is 0. The zero-order valence-electron chi connectivity index (χ0n) is 12.4. The number of aryl methyl sites for hydroxylation is 4. The van der Waals surface area contributed by atoms with E-state index in [0.717, 1.165) is 34.8 Å². The topological polar surface area (TPSA) is 50.8 Å². The molecule has 0 amide bonds. The molecule has 2 rings (SSSR count). The number of nitriles is 1. The van der Waals surface area contributed by atoms with Crippen LogP contribution in [0.2, 0.25) is 0 Å². The Bertz CT molecular complexity index is 642. The number of rotatable bonds is 4. The van der Waals surface area contributed by atoms with E-state index in [1.807, 2.05) is 43.7 Å². The number of nitrogens with zero attached hydrogens (tertiary/aromatic N) is 3. The van der Waals surface area contributed by atoms with E-state index in [1.165, 1.54) is 0 Å². The van der Waals surface area contributed by atoms with Crippen molar-refractivity contribution in [1.82, 2.24) is 9.78 Å². The van der Waals surface area contributed by atoms with Gasteiger partial charge < -0.3 is 4.74 Å². The van der Waals surface area contributed by atoms with Crippen molar-refractivity contribution in [3.8, 4) is 11.8 Å². The first kappa shape index (κ1) is 14.1. The highest BCUT2D eigenvalue weighted by Crippen LogP contribution is 2.25. The molecule has 2 aromatic rings. The second-order valence-electron chi connectivity index (χ2n) is 4.93. The molecular formula is C16H19N3O. The van der Waals surface area contributed by atoms with Gasteiger partial charge in [0.25, 0.3) is 0 Å². The fourth-order valence-electron chi connectivity index (χ4n) is 2.38. The summed E-state index contributed by atoms with van der Waals surface area (Å²) in [5, 5.41) is 13.4. The van der Waals surface area contributed by atoms with Crippen LogP contribution >= 0.6 is 0 Å². The van der Waals surface area contributed by atoms with Crippen molar-refractivity contribution in [2.45, 2.75) is 40.8 Å². The van der Waals surface area contributed by atoms with Crippen LogP contribution in [0.3, 0.4) is 0 Å². The van der Waals surface area contributed by atoms with Gasteiger partial charge >= 0.3 is 0 Å². The van der Waals surface area contributed by atoms with Gasteiger partial charge in [-0.25, -0.2) is 0 Å². The minimum atomic E-state index is 0.488. The predicted molar refractivity (Wildman–Crippen MR) is 77.6 cm³/mol. The summed E-state index contributed by atoms with van der Waals surface area (Å²) in [7, 11) is 0. The molecule has 0 atom stereocenters. The van der Waals surface area contributed by atoms with Gasteiger partial charge in [-0.1, -0.05) is 0 Å². The molecule has 0 N–H and O–H groups in total. The van der Waals surface area contributed by atoms with Crippen LogP contribution in [0.5, 0.6) is 5.75 Å². The third-order valence-corrected chi connectivity index (χ3v) is 3.24. The zero-order valence-corrected chi connectivity index (χ0v) is 12.4. The van der Waals surface area contributed by atoms with E-state index in [1.54, 1.807) is 0 Å². The summed E-state index contributed by atoms with van der Waals surface area (Å²) in [5.41, 5.74) is 4.70. The van der Waals surface area contributed by atoms with Gasteiger partial charge in [0.15, 0.2) is 0 Å². The molecular weight excluding hydrogens is 250 g/mol. The van der Waals surface area contributed by atoms with Gasteiger partial charge in [-0.05, 0) is 57.0 Å². The Balaban J connectivity index is 2.21. The SMILES string of the molecule is CCn1nc(C)cc1COc1c(C)cc(C#N)cc1C. The summed E-state index contributed by atoms with van der Waals surface area (Å²) in [6.45, 7) is 9.29. The average molecular weight is 269 g/mol. The lowest BCUT2D eigenvalue weighted by Crippen LogP contribution is -2.07. The lowest BCUT2D eigenvalue weighted by Gasteiger charge is -2.13. The van der Waals surface area contributed by atoms with Crippen molar-refractivity contribution < 1.29 is 4.74 Å². The molecule has 1 aromatic heterocycles. The maximum Gasteiger partial charge on any atom is 0.130 e. The van der Waals surface area contributed by atoms with E-state index < -0.39 is 0 Å². The highest BCUT2D eigenvalue weighted by atomic mass is 16.5. The second-order valence-corrected chi connectivity index (χ2v) is 4.93. The Hall–Kier alpha value is -2.28. The molecule has 4 heteroatoms. The van der Waals surface area contributed by atoms with Crippen LogP contribution in [0, 0.1) is 32.1 Å². The molecule has 0 aliphatic carbocycles. The van der Waals surface area contributed by atoms with E-state index in [0.29, 0.717) is 12.2 Å². The molecule has 1 heterocycles. The minimum absolute atomic E-state index is 0.488. The highest BCUT2D eigenvalue weighted by Gasteiger charge is 2.09. The molecule has 20 heavy (non-hydrogen) atoms. The molecule has 1 aromatic carbocycles. The van der Waals surface area contributed by atoms with Gasteiger partial charge in [0.2, 0.25) is 0 Å². The molecule has 0 aliphatic rings. The van der Waals surface area contributed by atoms with Crippen LogP contribution in [0.15, 0.2) is 18.2 Å². The Labute approximate surface area is 119 Å².